The molecule has 0 N–H and O–H groups in total. The zero-order valence-corrected chi connectivity index (χ0v) is 8.01. The molecule has 0 unspecified atom stereocenters. The molecule has 5 heteroatoms. The van der Waals surface area contributed by atoms with Crippen LogP contribution in [0.2, 0.25) is 5.02 Å². The molecule has 0 saturated carbocycles. The van der Waals surface area contributed by atoms with Crippen molar-refractivity contribution < 1.29 is 17.6 Å². The number of rotatable bonds is 1. The third-order valence-electron chi connectivity index (χ3n) is 1.86. The van der Waals surface area contributed by atoms with E-state index < -0.39 is 17.6 Å². The summed E-state index contributed by atoms with van der Waals surface area (Å²) in [6.07, 6.45) is -4.57. The van der Waals surface area contributed by atoms with E-state index >= 15 is 0 Å². The highest BCUT2D eigenvalue weighted by Crippen LogP contribution is 2.35. The van der Waals surface area contributed by atoms with Crippen LogP contribution in [0, 0.1) is 5.82 Å². The van der Waals surface area contributed by atoms with Gasteiger partial charge in [-0.2, -0.15) is 13.2 Å². The second-order valence-corrected chi connectivity index (χ2v) is 3.15. The Morgan fingerprint density at radius 2 is 1.86 bits per heavy atom. The van der Waals surface area contributed by atoms with Gasteiger partial charge in [-0.15, -0.1) is 0 Å². The minimum atomic E-state index is -4.53. The molecule has 0 aliphatic rings. The van der Waals surface area contributed by atoms with Gasteiger partial charge in [-0.1, -0.05) is 18.5 Å². The standard InChI is InChI=1S/C9H7ClF4/c1-2-5-6(9(12,13)14)3-4-7(10)8(5)11/h3-4H,2H2,1H3. The largest absolute Gasteiger partial charge is 0.416 e. The summed E-state index contributed by atoms with van der Waals surface area (Å²) in [7, 11) is 0. The summed E-state index contributed by atoms with van der Waals surface area (Å²) in [5.41, 5.74) is -1.34. The molecule has 0 amide bonds. The first-order chi connectivity index (χ1) is 6.38. The molecule has 0 radical (unpaired) electrons. The fraction of sp³-hybridized carbons (Fsp3) is 0.333. The smallest absolute Gasteiger partial charge is 0.205 e. The van der Waals surface area contributed by atoms with Crippen LogP contribution in [-0.2, 0) is 12.6 Å². The second-order valence-electron chi connectivity index (χ2n) is 2.74. The van der Waals surface area contributed by atoms with E-state index in [1.165, 1.54) is 6.92 Å². The Morgan fingerprint density at radius 1 is 1.29 bits per heavy atom. The molecule has 0 nitrogen and oxygen atoms in total. The lowest BCUT2D eigenvalue weighted by molar-refractivity contribution is -0.138. The Hall–Kier alpha value is -0.770. The van der Waals surface area contributed by atoms with Crippen molar-refractivity contribution in [3.63, 3.8) is 0 Å². The highest BCUT2D eigenvalue weighted by Gasteiger charge is 2.34. The van der Waals surface area contributed by atoms with Gasteiger partial charge in [0.25, 0.3) is 0 Å². The Bertz CT molecular complexity index is 343. The third-order valence-corrected chi connectivity index (χ3v) is 2.15. The topological polar surface area (TPSA) is 0 Å². The molecule has 1 aromatic carbocycles. The van der Waals surface area contributed by atoms with E-state index in [1.807, 2.05) is 0 Å². The number of alkyl halides is 3. The average Bonchev–Trinajstić information content (AvgIpc) is 2.07. The maximum absolute atomic E-state index is 13.2. The Morgan fingerprint density at radius 3 is 2.29 bits per heavy atom. The SMILES string of the molecule is CCc1c(C(F)(F)F)ccc(Cl)c1F. The van der Waals surface area contributed by atoms with Gasteiger partial charge < -0.3 is 0 Å². The molecule has 78 valence electrons. The zero-order chi connectivity index (χ0) is 10.9. The van der Waals surface area contributed by atoms with E-state index in [-0.39, 0.29) is 17.0 Å². The lowest BCUT2D eigenvalue weighted by atomic mass is 10.0. The summed E-state index contributed by atoms with van der Waals surface area (Å²) < 4.78 is 50.2. The molecule has 0 bridgehead atoms. The van der Waals surface area contributed by atoms with Crippen LogP contribution in [-0.4, -0.2) is 0 Å². The van der Waals surface area contributed by atoms with Crippen LogP contribution >= 0.6 is 11.6 Å². The maximum atomic E-state index is 13.2. The summed E-state index contributed by atoms with van der Waals surface area (Å²) in [4.78, 5) is 0. The van der Waals surface area contributed by atoms with Crippen molar-refractivity contribution in [3.8, 4) is 0 Å². The van der Waals surface area contributed by atoms with Crippen molar-refractivity contribution in [2.24, 2.45) is 0 Å². The van der Waals surface area contributed by atoms with E-state index in [1.54, 1.807) is 0 Å². The number of halogens is 5. The Labute approximate surface area is 83.5 Å². The predicted octanol–water partition coefficient (Wildman–Crippen LogP) is 4.06. The predicted molar refractivity (Wildman–Crippen MR) is 45.8 cm³/mol. The van der Waals surface area contributed by atoms with Gasteiger partial charge in [0.15, 0.2) is 0 Å². The molecule has 0 fully saturated rings. The van der Waals surface area contributed by atoms with Gasteiger partial charge in [0.1, 0.15) is 5.82 Å². The van der Waals surface area contributed by atoms with Crippen molar-refractivity contribution in [1.29, 1.82) is 0 Å². The fourth-order valence-corrected chi connectivity index (χ4v) is 1.38. The van der Waals surface area contributed by atoms with Gasteiger partial charge in [-0.25, -0.2) is 4.39 Å². The van der Waals surface area contributed by atoms with Crippen LogP contribution in [0.5, 0.6) is 0 Å². The summed E-state index contributed by atoms with van der Waals surface area (Å²) >= 11 is 5.37. The number of hydrogen-bond donors (Lipinski definition) is 0. The molecule has 0 heterocycles. The van der Waals surface area contributed by atoms with Gasteiger partial charge >= 0.3 is 6.18 Å². The van der Waals surface area contributed by atoms with Crippen LogP contribution < -0.4 is 0 Å². The van der Waals surface area contributed by atoms with Crippen molar-refractivity contribution in [1.82, 2.24) is 0 Å². The second kappa shape index (κ2) is 3.77. The van der Waals surface area contributed by atoms with Crippen LogP contribution in [0.1, 0.15) is 18.1 Å². The van der Waals surface area contributed by atoms with Crippen LogP contribution in [0.15, 0.2) is 12.1 Å². The molecule has 0 aromatic heterocycles. The van der Waals surface area contributed by atoms with Crippen molar-refractivity contribution in [2.45, 2.75) is 19.5 Å². The Balaban J connectivity index is 3.39. The molecule has 0 saturated heterocycles. The van der Waals surface area contributed by atoms with E-state index in [0.717, 1.165) is 12.1 Å². The minimum absolute atomic E-state index is 0.0404. The summed E-state index contributed by atoms with van der Waals surface area (Å²) in [6.45, 7) is 1.45. The molecule has 0 spiro atoms. The van der Waals surface area contributed by atoms with Gasteiger partial charge in [-0.3, -0.25) is 0 Å². The average molecular weight is 227 g/mol. The van der Waals surface area contributed by atoms with Gasteiger partial charge in [0.05, 0.1) is 10.6 Å². The number of benzene rings is 1. The van der Waals surface area contributed by atoms with E-state index in [2.05, 4.69) is 0 Å². The van der Waals surface area contributed by atoms with E-state index in [9.17, 15) is 17.6 Å². The lowest BCUT2D eigenvalue weighted by Crippen LogP contribution is -2.10. The van der Waals surface area contributed by atoms with E-state index in [4.69, 9.17) is 11.6 Å². The third kappa shape index (κ3) is 2.00. The lowest BCUT2D eigenvalue weighted by Gasteiger charge is -2.12. The van der Waals surface area contributed by atoms with E-state index in [0.29, 0.717) is 0 Å². The van der Waals surface area contributed by atoms with Crippen molar-refractivity contribution in [2.75, 3.05) is 0 Å². The van der Waals surface area contributed by atoms with Gasteiger partial charge in [0, 0.05) is 5.56 Å². The van der Waals surface area contributed by atoms with Crippen LogP contribution in [0.25, 0.3) is 0 Å². The molecule has 0 atom stereocenters. The molecular weight excluding hydrogens is 220 g/mol. The summed E-state index contributed by atoms with van der Waals surface area (Å²) in [5, 5.41) is -0.283. The fourth-order valence-electron chi connectivity index (χ4n) is 1.20. The highest BCUT2D eigenvalue weighted by molar-refractivity contribution is 6.30. The molecule has 1 aromatic rings. The molecule has 0 aliphatic heterocycles. The summed E-state index contributed by atoms with van der Waals surface area (Å²) in [6, 6.07) is 1.71. The molecule has 14 heavy (non-hydrogen) atoms. The monoisotopic (exact) mass is 226 g/mol. The van der Waals surface area contributed by atoms with Crippen LogP contribution in [0.3, 0.4) is 0 Å². The minimum Gasteiger partial charge on any atom is -0.205 e. The number of hydrogen-bond acceptors (Lipinski definition) is 0. The quantitative estimate of drug-likeness (QED) is 0.634. The molecular formula is C9H7ClF4. The van der Waals surface area contributed by atoms with Gasteiger partial charge in [0.2, 0.25) is 0 Å². The molecule has 0 aliphatic carbocycles. The first-order valence-corrected chi connectivity index (χ1v) is 4.29. The van der Waals surface area contributed by atoms with Crippen molar-refractivity contribution >= 4 is 11.6 Å². The summed E-state index contributed by atoms with van der Waals surface area (Å²) in [5.74, 6) is -0.982. The first-order valence-electron chi connectivity index (χ1n) is 3.92. The van der Waals surface area contributed by atoms with Gasteiger partial charge in [-0.05, 0) is 18.6 Å². The first kappa shape index (κ1) is 11.3. The normalized spacial score (nSPS) is 11.9. The van der Waals surface area contributed by atoms with Crippen LogP contribution in [0.4, 0.5) is 17.6 Å². The molecule has 1 rings (SSSR count). The zero-order valence-electron chi connectivity index (χ0n) is 7.25. The Kier molecular flexibility index (Phi) is 3.04. The highest BCUT2D eigenvalue weighted by atomic mass is 35.5. The van der Waals surface area contributed by atoms with Crippen molar-refractivity contribution in [3.05, 3.63) is 34.1 Å². The maximum Gasteiger partial charge on any atom is 0.416 e.